The minimum absolute atomic E-state index is 0.132. The Hall–Kier alpha value is -3.06. The van der Waals surface area contributed by atoms with Crippen LogP contribution in [0, 0.1) is 5.92 Å². The van der Waals surface area contributed by atoms with Gasteiger partial charge in [0.05, 0.1) is 7.05 Å². The van der Waals surface area contributed by atoms with Crippen molar-refractivity contribution in [3.8, 4) is 22.1 Å². The lowest BCUT2D eigenvalue weighted by Crippen LogP contribution is -2.71. The van der Waals surface area contributed by atoms with Crippen molar-refractivity contribution in [3.63, 3.8) is 0 Å². The highest BCUT2D eigenvalue weighted by Gasteiger charge is 2.64. The van der Waals surface area contributed by atoms with E-state index in [0.29, 0.717) is 5.75 Å². The summed E-state index contributed by atoms with van der Waals surface area (Å²) in [6.07, 6.45) is 0. The number of amides is 1. The van der Waals surface area contributed by atoms with Crippen molar-refractivity contribution >= 4 is 22.4 Å². The zero-order chi connectivity index (χ0) is 19.6. The molecule has 2 aliphatic heterocycles. The number of carbonyl (C=O) groups excluding carboxylic acids is 1. The SMILES string of the molecule is CN1c2sc(-c3ccccc3)c(O)[n+]2C2c3ccccc3OC1(C)C2C(N)=O. The fourth-order valence-electron chi connectivity index (χ4n) is 4.40. The van der Waals surface area contributed by atoms with Crippen molar-refractivity contribution in [1.29, 1.82) is 0 Å². The third-order valence-corrected chi connectivity index (χ3v) is 7.13. The summed E-state index contributed by atoms with van der Waals surface area (Å²) < 4.78 is 8.15. The summed E-state index contributed by atoms with van der Waals surface area (Å²) in [6, 6.07) is 16.9. The molecule has 142 valence electrons. The molecule has 2 bridgehead atoms. The maximum absolute atomic E-state index is 12.6. The fourth-order valence-corrected chi connectivity index (χ4v) is 5.64. The van der Waals surface area contributed by atoms with Crippen molar-refractivity contribution < 1.29 is 19.2 Å². The van der Waals surface area contributed by atoms with Crippen molar-refractivity contribution in [1.82, 2.24) is 0 Å². The summed E-state index contributed by atoms with van der Waals surface area (Å²) in [6.45, 7) is 1.88. The highest BCUT2D eigenvalue weighted by Crippen LogP contribution is 2.53. The van der Waals surface area contributed by atoms with E-state index in [1.54, 1.807) is 0 Å². The molecule has 1 amide bonds. The Morgan fingerprint density at radius 1 is 1.21 bits per heavy atom. The minimum atomic E-state index is -0.948. The molecule has 3 unspecified atom stereocenters. The lowest BCUT2D eigenvalue weighted by atomic mass is 9.79. The van der Waals surface area contributed by atoms with E-state index in [9.17, 15) is 9.90 Å². The van der Waals surface area contributed by atoms with Crippen LogP contribution in [0.1, 0.15) is 18.5 Å². The van der Waals surface area contributed by atoms with Gasteiger partial charge >= 0.3 is 11.0 Å². The lowest BCUT2D eigenvalue weighted by molar-refractivity contribution is -0.717. The first-order chi connectivity index (χ1) is 13.4. The average Bonchev–Trinajstić information content (AvgIpc) is 3.03. The standard InChI is InChI=1S/C21H19N3O3S/c1-21-15(18(22)25)16(13-10-6-7-11-14(13)27-21)24-19(26)17(28-20(24)23(21)2)12-8-4-3-5-9-12/h3-11,15-16H,1-2H3,(H2-,22,25,26)/p+1. The van der Waals surface area contributed by atoms with Crippen LogP contribution >= 0.6 is 11.3 Å². The number of nitrogens with zero attached hydrogens (tertiary/aromatic N) is 2. The molecule has 7 heteroatoms. The molecule has 1 aromatic heterocycles. The van der Waals surface area contributed by atoms with Crippen LogP contribution in [0.25, 0.3) is 10.4 Å². The third kappa shape index (κ3) is 2.08. The average molecular weight is 394 g/mol. The van der Waals surface area contributed by atoms with E-state index in [-0.39, 0.29) is 5.88 Å². The van der Waals surface area contributed by atoms with Gasteiger partial charge in [0.1, 0.15) is 10.6 Å². The number of hydrogen-bond donors (Lipinski definition) is 2. The van der Waals surface area contributed by atoms with E-state index in [2.05, 4.69) is 0 Å². The van der Waals surface area contributed by atoms with E-state index in [1.165, 1.54) is 11.3 Å². The molecule has 3 heterocycles. The molecule has 0 spiro atoms. The molecule has 0 saturated heterocycles. The summed E-state index contributed by atoms with van der Waals surface area (Å²) >= 11 is 1.47. The number of benzene rings is 2. The number of rotatable bonds is 2. The lowest BCUT2D eigenvalue weighted by Gasteiger charge is -2.48. The maximum atomic E-state index is 12.6. The van der Waals surface area contributed by atoms with Gasteiger partial charge in [-0.2, -0.15) is 4.57 Å². The number of aromatic nitrogens is 1. The quantitative estimate of drug-likeness (QED) is 0.655. The first kappa shape index (κ1) is 17.1. The molecule has 2 aromatic carbocycles. The zero-order valence-corrected chi connectivity index (χ0v) is 16.3. The van der Waals surface area contributed by atoms with Gasteiger partial charge in [-0.15, -0.1) is 0 Å². The van der Waals surface area contributed by atoms with Gasteiger partial charge in [0.25, 0.3) is 5.72 Å². The van der Waals surface area contributed by atoms with E-state index < -0.39 is 23.6 Å². The van der Waals surface area contributed by atoms with Crippen LogP contribution in [-0.2, 0) is 4.79 Å². The van der Waals surface area contributed by atoms with Crippen LogP contribution in [-0.4, -0.2) is 23.8 Å². The van der Waals surface area contributed by atoms with Crippen molar-refractivity contribution in [2.75, 3.05) is 11.9 Å². The predicted molar refractivity (Wildman–Crippen MR) is 106 cm³/mol. The van der Waals surface area contributed by atoms with E-state index >= 15 is 0 Å². The van der Waals surface area contributed by atoms with Crippen LogP contribution in [0.3, 0.4) is 0 Å². The molecule has 3 N–H and O–H groups in total. The van der Waals surface area contributed by atoms with Crippen molar-refractivity contribution in [2.24, 2.45) is 11.7 Å². The monoisotopic (exact) mass is 394 g/mol. The maximum Gasteiger partial charge on any atom is 0.343 e. The summed E-state index contributed by atoms with van der Waals surface area (Å²) in [4.78, 5) is 15.2. The number of anilines is 1. The number of carbonyl (C=O) groups is 1. The molecular formula is C21H20N3O3S+. The van der Waals surface area contributed by atoms with Gasteiger partial charge in [-0.25, -0.2) is 4.90 Å². The molecule has 28 heavy (non-hydrogen) atoms. The van der Waals surface area contributed by atoms with Gasteiger partial charge in [0.15, 0.2) is 12.0 Å². The Labute approximate surface area is 166 Å². The first-order valence-electron chi connectivity index (χ1n) is 9.07. The van der Waals surface area contributed by atoms with Gasteiger partial charge in [-0.05, 0) is 23.0 Å². The normalized spacial score (nSPS) is 24.9. The number of ether oxygens (including phenoxy) is 1. The van der Waals surface area contributed by atoms with Crippen LogP contribution in [0.5, 0.6) is 11.6 Å². The number of primary amides is 1. The molecule has 0 saturated carbocycles. The second-order valence-corrected chi connectivity index (χ2v) is 8.33. The molecule has 6 nitrogen and oxygen atoms in total. The Morgan fingerprint density at radius 2 is 1.89 bits per heavy atom. The summed E-state index contributed by atoms with van der Waals surface area (Å²) in [7, 11) is 1.87. The molecular weight excluding hydrogens is 374 g/mol. The van der Waals surface area contributed by atoms with Gasteiger partial charge in [-0.1, -0.05) is 48.5 Å². The van der Waals surface area contributed by atoms with E-state index in [4.69, 9.17) is 10.5 Å². The smallest absolute Gasteiger partial charge is 0.343 e. The predicted octanol–water partition coefficient (Wildman–Crippen LogP) is 2.66. The molecule has 3 atom stereocenters. The van der Waals surface area contributed by atoms with Crippen LogP contribution in [0.2, 0.25) is 0 Å². The summed E-state index contributed by atoms with van der Waals surface area (Å²) in [5.41, 5.74) is 6.67. The second-order valence-electron chi connectivity index (χ2n) is 7.35. The third-order valence-electron chi connectivity index (χ3n) is 5.85. The van der Waals surface area contributed by atoms with Crippen LogP contribution in [0.4, 0.5) is 5.13 Å². The number of para-hydroxylation sites is 1. The Balaban J connectivity index is 1.83. The summed E-state index contributed by atoms with van der Waals surface area (Å²) in [5.74, 6) is -0.287. The molecule has 0 aliphatic carbocycles. The molecule has 2 aliphatic rings. The van der Waals surface area contributed by atoms with Crippen LogP contribution < -0.4 is 19.9 Å². The highest BCUT2D eigenvalue weighted by atomic mass is 32.1. The van der Waals surface area contributed by atoms with Crippen molar-refractivity contribution in [2.45, 2.75) is 18.7 Å². The number of hydrogen-bond acceptors (Lipinski definition) is 5. The zero-order valence-electron chi connectivity index (χ0n) is 15.5. The molecule has 3 aromatic rings. The van der Waals surface area contributed by atoms with E-state index in [1.807, 2.05) is 78.0 Å². The largest absolute Gasteiger partial charge is 0.477 e. The molecule has 0 fully saturated rings. The number of aromatic hydroxyl groups is 1. The number of nitrogens with two attached hydrogens (primary N) is 1. The van der Waals surface area contributed by atoms with Crippen LogP contribution in [0.15, 0.2) is 54.6 Å². The Morgan fingerprint density at radius 3 is 2.61 bits per heavy atom. The Kier molecular flexibility index (Phi) is 3.49. The summed E-state index contributed by atoms with van der Waals surface area (Å²) in [5, 5.41) is 12.0. The van der Waals surface area contributed by atoms with E-state index in [0.717, 1.165) is 21.1 Å². The van der Waals surface area contributed by atoms with Gasteiger partial charge in [0.2, 0.25) is 5.91 Å². The number of thiazole rings is 1. The number of fused-ring (bicyclic) bond motifs is 6. The topological polar surface area (TPSA) is 79.7 Å². The second kappa shape index (κ2) is 5.72. The first-order valence-corrected chi connectivity index (χ1v) is 9.89. The van der Waals surface area contributed by atoms with Gasteiger partial charge in [0, 0.05) is 12.5 Å². The Bertz CT molecular complexity index is 1100. The fraction of sp³-hybridized carbons (Fsp3) is 0.238. The molecule has 5 rings (SSSR count). The minimum Gasteiger partial charge on any atom is -0.477 e. The highest BCUT2D eigenvalue weighted by molar-refractivity contribution is 7.18. The van der Waals surface area contributed by atoms with Crippen molar-refractivity contribution in [3.05, 3.63) is 60.2 Å². The van der Waals surface area contributed by atoms with Gasteiger partial charge < -0.3 is 15.6 Å². The van der Waals surface area contributed by atoms with Gasteiger partial charge in [-0.3, -0.25) is 4.79 Å². The molecule has 0 radical (unpaired) electrons.